The van der Waals surface area contributed by atoms with E-state index < -0.39 is 0 Å². The van der Waals surface area contributed by atoms with Gasteiger partial charge in [-0.1, -0.05) is 11.8 Å². The smallest absolute Gasteiger partial charge is 0.208 e. The third-order valence-electron chi connectivity index (χ3n) is 1.80. The first-order valence-corrected chi connectivity index (χ1v) is 5.29. The van der Waals surface area contributed by atoms with Crippen molar-refractivity contribution < 1.29 is 9.21 Å². The summed E-state index contributed by atoms with van der Waals surface area (Å²) >= 11 is 1.34. The highest BCUT2D eigenvalue weighted by Crippen LogP contribution is 2.15. The fraction of sp³-hybridized carbons (Fsp3) is 0.222. The van der Waals surface area contributed by atoms with E-state index in [0.29, 0.717) is 11.5 Å². The molecule has 0 amide bonds. The molecule has 2 aromatic heterocycles. The molecule has 0 unspecified atom stereocenters. The second-order valence-corrected chi connectivity index (χ2v) is 3.80. The van der Waals surface area contributed by atoms with E-state index in [0.717, 1.165) is 5.16 Å². The molecule has 0 radical (unpaired) electrons. The van der Waals surface area contributed by atoms with Crippen molar-refractivity contribution in [1.29, 1.82) is 0 Å². The maximum atomic E-state index is 11.5. The highest BCUT2D eigenvalue weighted by Gasteiger charge is 2.10. The van der Waals surface area contributed by atoms with Crippen molar-refractivity contribution in [3.8, 4) is 0 Å². The third-order valence-corrected chi connectivity index (χ3v) is 2.83. The van der Waals surface area contributed by atoms with Gasteiger partial charge < -0.3 is 4.42 Å². The van der Waals surface area contributed by atoms with Crippen LogP contribution in [-0.4, -0.2) is 26.3 Å². The molecule has 0 spiro atoms. The summed E-state index contributed by atoms with van der Waals surface area (Å²) in [6.07, 6.45) is 2.94. The molecule has 0 saturated carbocycles. The Labute approximate surface area is 90.5 Å². The molecule has 0 aliphatic carbocycles. The Kier molecular flexibility index (Phi) is 2.86. The second-order valence-electron chi connectivity index (χ2n) is 2.86. The van der Waals surface area contributed by atoms with Gasteiger partial charge in [0.1, 0.15) is 6.33 Å². The van der Waals surface area contributed by atoms with Crippen molar-refractivity contribution >= 4 is 17.5 Å². The van der Waals surface area contributed by atoms with Crippen molar-refractivity contribution in [2.45, 2.75) is 5.16 Å². The van der Waals surface area contributed by atoms with Crippen molar-refractivity contribution in [3.63, 3.8) is 0 Å². The van der Waals surface area contributed by atoms with Crippen molar-refractivity contribution in [3.05, 3.63) is 30.5 Å². The summed E-state index contributed by atoms with van der Waals surface area (Å²) in [5.74, 6) is 0.637. The number of nitrogens with zero attached hydrogens (tertiary/aromatic N) is 3. The summed E-state index contributed by atoms with van der Waals surface area (Å²) in [7, 11) is 1.78. The average Bonchev–Trinajstić information content (AvgIpc) is 2.85. The van der Waals surface area contributed by atoms with Gasteiger partial charge >= 0.3 is 0 Å². The molecular weight excluding hydrogens is 214 g/mol. The lowest BCUT2D eigenvalue weighted by Gasteiger charge is -1.97. The first kappa shape index (κ1) is 9.97. The molecule has 0 fully saturated rings. The summed E-state index contributed by atoms with van der Waals surface area (Å²) in [5, 5.41) is 4.62. The summed E-state index contributed by atoms with van der Waals surface area (Å²) in [6, 6.07) is 3.35. The molecule has 0 aromatic carbocycles. The zero-order valence-electron chi connectivity index (χ0n) is 8.08. The molecule has 15 heavy (non-hydrogen) atoms. The van der Waals surface area contributed by atoms with Gasteiger partial charge in [0.25, 0.3) is 0 Å². The van der Waals surface area contributed by atoms with Crippen molar-refractivity contribution in [1.82, 2.24) is 14.8 Å². The predicted molar refractivity (Wildman–Crippen MR) is 54.8 cm³/mol. The molecule has 2 rings (SSSR count). The number of aromatic nitrogens is 3. The number of Topliss-reactive ketones (excluding diaryl/α,β-unsaturated/α-hetero) is 1. The van der Waals surface area contributed by atoms with Gasteiger partial charge in [-0.05, 0) is 12.1 Å². The van der Waals surface area contributed by atoms with Gasteiger partial charge in [0.15, 0.2) is 10.9 Å². The Morgan fingerprint density at radius 3 is 3.13 bits per heavy atom. The maximum Gasteiger partial charge on any atom is 0.208 e. The van der Waals surface area contributed by atoms with Crippen LogP contribution in [0, 0.1) is 0 Å². The van der Waals surface area contributed by atoms with Crippen LogP contribution in [0.1, 0.15) is 10.6 Å². The van der Waals surface area contributed by atoms with Crippen LogP contribution in [0.5, 0.6) is 0 Å². The summed E-state index contributed by atoms with van der Waals surface area (Å²) in [5.41, 5.74) is 0. The first-order valence-electron chi connectivity index (χ1n) is 4.31. The zero-order valence-corrected chi connectivity index (χ0v) is 8.90. The third kappa shape index (κ3) is 2.27. The number of aryl methyl sites for hydroxylation is 1. The Morgan fingerprint density at radius 1 is 1.67 bits per heavy atom. The van der Waals surface area contributed by atoms with Crippen LogP contribution in [0.3, 0.4) is 0 Å². The Balaban J connectivity index is 1.95. The number of furan rings is 1. The number of ketones is 1. The number of carbonyl (C=O) groups is 1. The van der Waals surface area contributed by atoms with E-state index >= 15 is 0 Å². The number of rotatable bonds is 4. The molecule has 0 N–H and O–H groups in total. The second kappa shape index (κ2) is 4.31. The van der Waals surface area contributed by atoms with Gasteiger partial charge in [-0.3, -0.25) is 4.79 Å². The molecule has 0 saturated heterocycles. The first-order chi connectivity index (χ1) is 7.27. The molecular formula is C9H9N3O2S. The minimum absolute atomic E-state index is 0.0481. The molecule has 0 aliphatic rings. The average molecular weight is 223 g/mol. The zero-order chi connectivity index (χ0) is 10.7. The lowest BCUT2D eigenvalue weighted by molar-refractivity contribution is 0.0992. The van der Waals surface area contributed by atoms with Gasteiger partial charge in [0.05, 0.1) is 12.0 Å². The Morgan fingerprint density at radius 2 is 2.53 bits per heavy atom. The maximum absolute atomic E-state index is 11.5. The standard InChI is InChI=1S/C9H9N3O2S/c1-12-9(10-6-11-12)15-5-7(13)8-3-2-4-14-8/h2-4,6H,5H2,1H3. The summed E-state index contributed by atoms with van der Waals surface area (Å²) < 4.78 is 6.61. The van der Waals surface area contributed by atoms with Crippen LogP contribution in [-0.2, 0) is 7.05 Å². The minimum Gasteiger partial charge on any atom is -0.461 e. The molecule has 0 bridgehead atoms. The molecule has 0 atom stereocenters. The SMILES string of the molecule is Cn1ncnc1SCC(=O)c1ccco1. The number of hydrogen-bond donors (Lipinski definition) is 0. The van der Waals surface area contributed by atoms with E-state index in [4.69, 9.17) is 4.42 Å². The normalized spacial score (nSPS) is 10.5. The summed E-state index contributed by atoms with van der Waals surface area (Å²) in [6.45, 7) is 0. The molecule has 78 valence electrons. The lowest BCUT2D eigenvalue weighted by Crippen LogP contribution is -2.02. The van der Waals surface area contributed by atoms with Crippen molar-refractivity contribution in [2.24, 2.45) is 7.05 Å². The molecule has 6 heteroatoms. The number of thioether (sulfide) groups is 1. The van der Waals surface area contributed by atoms with E-state index in [1.165, 1.54) is 24.4 Å². The molecule has 2 heterocycles. The van der Waals surface area contributed by atoms with Gasteiger partial charge in [0, 0.05) is 7.05 Å². The van der Waals surface area contributed by atoms with E-state index in [1.54, 1.807) is 23.9 Å². The topological polar surface area (TPSA) is 60.9 Å². The largest absolute Gasteiger partial charge is 0.461 e. The van der Waals surface area contributed by atoms with E-state index in [-0.39, 0.29) is 5.78 Å². The van der Waals surface area contributed by atoms with Gasteiger partial charge in [-0.25, -0.2) is 9.67 Å². The highest BCUT2D eigenvalue weighted by molar-refractivity contribution is 7.99. The molecule has 5 nitrogen and oxygen atoms in total. The van der Waals surface area contributed by atoms with E-state index in [2.05, 4.69) is 10.1 Å². The monoisotopic (exact) mass is 223 g/mol. The highest BCUT2D eigenvalue weighted by atomic mass is 32.2. The Bertz CT molecular complexity index is 450. The van der Waals surface area contributed by atoms with Crippen molar-refractivity contribution in [2.75, 3.05) is 5.75 Å². The minimum atomic E-state index is -0.0481. The Hall–Kier alpha value is -1.56. The van der Waals surface area contributed by atoms with Crippen LogP contribution in [0.2, 0.25) is 0 Å². The lowest BCUT2D eigenvalue weighted by atomic mass is 10.3. The quantitative estimate of drug-likeness (QED) is 0.579. The van der Waals surface area contributed by atoms with Crippen LogP contribution in [0.25, 0.3) is 0 Å². The number of hydrogen-bond acceptors (Lipinski definition) is 5. The number of carbonyl (C=O) groups excluding carboxylic acids is 1. The van der Waals surface area contributed by atoms with Gasteiger partial charge in [-0.15, -0.1) is 0 Å². The van der Waals surface area contributed by atoms with Crippen LogP contribution in [0.15, 0.2) is 34.3 Å². The fourth-order valence-corrected chi connectivity index (χ4v) is 1.81. The van der Waals surface area contributed by atoms with E-state index in [9.17, 15) is 4.79 Å². The molecule has 2 aromatic rings. The van der Waals surface area contributed by atoms with Crippen LogP contribution < -0.4 is 0 Å². The van der Waals surface area contributed by atoms with E-state index in [1.807, 2.05) is 0 Å². The van der Waals surface area contributed by atoms with Gasteiger partial charge in [0.2, 0.25) is 5.78 Å². The summed E-state index contributed by atoms with van der Waals surface area (Å²) in [4.78, 5) is 15.5. The van der Waals surface area contributed by atoms with Gasteiger partial charge in [-0.2, -0.15) is 5.10 Å². The van der Waals surface area contributed by atoms with Crippen LogP contribution in [0.4, 0.5) is 0 Å². The van der Waals surface area contributed by atoms with Crippen LogP contribution >= 0.6 is 11.8 Å². The molecule has 0 aliphatic heterocycles. The fourth-order valence-electron chi connectivity index (χ4n) is 1.05. The predicted octanol–water partition coefficient (Wildman–Crippen LogP) is 1.38.